The van der Waals surface area contributed by atoms with E-state index in [9.17, 15) is 4.39 Å². The van der Waals surface area contributed by atoms with E-state index in [2.05, 4.69) is 20.2 Å². The van der Waals surface area contributed by atoms with Crippen molar-refractivity contribution in [3.63, 3.8) is 0 Å². The molecule has 0 N–H and O–H groups in total. The molecular weight excluding hydrogens is 365 g/mol. The lowest BCUT2D eigenvalue weighted by atomic mass is 10.2. The fraction of sp³-hybridized carbons (Fsp3) is 0.158. The van der Waals surface area contributed by atoms with Crippen LogP contribution >= 0.6 is 11.8 Å². The summed E-state index contributed by atoms with van der Waals surface area (Å²) in [6.45, 7) is 2.38. The van der Waals surface area contributed by atoms with Gasteiger partial charge in [-0.15, -0.1) is 10.2 Å². The Morgan fingerprint density at radius 3 is 2.67 bits per heavy atom. The molecule has 0 spiro atoms. The van der Waals surface area contributed by atoms with E-state index in [1.807, 2.05) is 47.9 Å². The Labute approximate surface area is 159 Å². The van der Waals surface area contributed by atoms with Crippen molar-refractivity contribution >= 4 is 11.8 Å². The summed E-state index contributed by atoms with van der Waals surface area (Å²) in [6.07, 6.45) is 3.45. The van der Waals surface area contributed by atoms with Crippen LogP contribution in [0.2, 0.25) is 0 Å². The monoisotopic (exact) mass is 381 g/mol. The molecule has 6 nitrogen and oxygen atoms in total. The highest BCUT2D eigenvalue weighted by molar-refractivity contribution is 7.99. The van der Waals surface area contributed by atoms with Crippen LogP contribution in [0.3, 0.4) is 0 Å². The van der Waals surface area contributed by atoms with Crippen molar-refractivity contribution in [1.82, 2.24) is 24.7 Å². The van der Waals surface area contributed by atoms with E-state index < -0.39 is 5.82 Å². The molecule has 3 aromatic heterocycles. The standard InChI is InChI=1S/C19H16FN5OS/c1-2-14-16(20)18(22-12-21-14)27-19-24-23-17(15-9-6-10-26-15)25(19)11-13-7-4-3-5-8-13/h3-10,12H,2,11H2,1H3. The number of benzene rings is 1. The van der Waals surface area contributed by atoms with Crippen molar-refractivity contribution in [3.05, 3.63) is 72.1 Å². The second-order valence-corrected chi connectivity index (χ2v) is 6.71. The fourth-order valence-corrected chi connectivity index (χ4v) is 3.48. The predicted molar refractivity (Wildman–Crippen MR) is 98.8 cm³/mol. The Bertz CT molecular complexity index is 1030. The Hall–Kier alpha value is -3.00. The quantitative estimate of drug-likeness (QED) is 0.466. The molecule has 0 bridgehead atoms. The second kappa shape index (κ2) is 7.71. The Morgan fingerprint density at radius 2 is 1.93 bits per heavy atom. The molecule has 0 aliphatic rings. The molecule has 27 heavy (non-hydrogen) atoms. The molecule has 1 aromatic carbocycles. The van der Waals surface area contributed by atoms with Gasteiger partial charge in [-0.2, -0.15) is 0 Å². The lowest BCUT2D eigenvalue weighted by molar-refractivity contribution is 0.558. The largest absolute Gasteiger partial charge is 0.461 e. The number of nitrogens with zero attached hydrogens (tertiary/aromatic N) is 5. The van der Waals surface area contributed by atoms with Gasteiger partial charge in [0.2, 0.25) is 5.82 Å². The van der Waals surface area contributed by atoms with Gasteiger partial charge in [0.15, 0.2) is 16.7 Å². The first-order chi connectivity index (χ1) is 13.3. The summed E-state index contributed by atoms with van der Waals surface area (Å²) in [5, 5.41) is 9.27. The van der Waals surface area contributed by atoms with Gasteiger partial charge in [0.1, 0.15) is 11.4 Å². The van der Waals surface area contributed by atoms with Crippen molar-refractivity contribution < 1.29 is 8.81 Å². The van der Waals surface area contributed by atoms with Crippen LogP contribution < -0.4 is 0 Å². The van der Waals surface area contributed by atoms with Crippen LogP contribution in [0.15, 0.2) is 69.7 Å². The lowest BCUT2D eigenvalue weighted by Crippen LogP contribution is -2.05. The topological polar surface area (TPSA) is 69.6 Å². The number of rotatable bonds is 6. The zero-order chi connectivity index (χ0) is 18.6. The van der Waals surface area contributed by atoms with E-state index >= 15 is 0 Å². The summed E-state index contributed by atoms with van der Waals surface area (Å²) in [7, 11) is 0. The predicted octanol–water partition coefficient (Wildman–Crippen LogP) is 4.23. The van der Waals surface area contributed by atoms with Crippen molar-refractivity contribution in [2.24, 2.45) is 0 Å². The number of hydrogen-bond acceptors (Lipinski definition) is 6. The lowest BCUT2D eigenvalue weighted by Gasteiger charge is -2.10. The van der Waals surface area contributed by atoms with Crippen molar-refractivity contribution in [2.45, 2.75) is 30.1 Å². The first kappa shape index (κ1) is 17.4. The Balaban J connectivity index is 1.74. The third kappa shape index (κ3) is 3.61. The zero-order valence-electron chi connectivity index (χ0n) is 14.5. The maximum absolute atomic E-state index is 14.6. The number of furan rings is 1. The van der Waals surface area contributed by atoms with Gasteiger partial charge in [0.05, 0.1) is 18.5 Å². The SMILES string of the molecule is CCc1ncnc(Sc2nnc(-c3ccco3)n2Cc2ccccc2)c1F. The maximum Gasteiger partial charge on any atom is 0.200 e. The van der Waals surface area contributed by atoms with Crippen LogP contribution in [-0.4, -0.2) is 24.7 Å². The van der Waals surface area contributed by atoms with Gasteiger partial charge in [0.25, 0.3) is 0 Å². The Morgan fingerprint density at radius 1 is 1.07 bits per heavy atom. The molecule has 0 atom stereocenters. The fourth-order valence-electron chi connectivity index (χ4n) is 2.65. The Kier molecular flexibility index (Phi) is 4.97. The summed E-state index contributed by atoms with van der Waals surface area (Å²) < 4.78 is 22.0. The summed E-state index contributed by atoms with van der Waals surface area (Å²) in [4.78, 5) is 8.05. The molecule has 0 unspecified atom stereocenters. The van der Waals surface area contributed by atoms with E-state index in [-0.39, 0.29) is 5.03 Å². The van der Waals surface area contributed by atoms with Crippen LogP contribution in [0.5, 0.6) is 0 Å². The summed E-state index contributed by atoms with van der Waals surface area (Å²) in [5.74, 6) is 0.762. The van der Waals surface area contributed by atoms with Crippen LogP contribution in [0, 0.1) is 5.82 Å². The smallest absolute Gasteiger partial charge is 0.200 e. The molecule has 0 saturated heterocycles. The molecule has 8 heteroatoms. The minimum Gasteiger partial charge on any atom is -0.461 e. The highest BCUT2D eigenvalue weighted by Crippen LogP contribution is 2.31. The van der Waals surface area contributed by atoms with Gasteiger partial charge < -0.3 is 4.42 Å². The van der Waals surface area contributed by atoms with E-state index in [1.165, 1.54) is 6.33 Å². The third-order valence-corrected chi connectivity index (χ3v) is 4.96. The molecule has 0 saturated carbocycles. The number of hydrogen-bond donors (Lipinski definition) is 0. The molecule has 0 amide bonds. The molecule has 0 fully saturated rings. The average molecular weight is 381 g/mol. The molecule has 3 heterocycles. The summed E-state index contributed by atoms with van der Waals surface area (Å²) >= 11 is 1.13. The normalized spacial score (nSPS) is 11.0. The van der Waals surface area contributed by atoms with E-state index in [4.69, 9.17) is 4.42 Å². The molecular formula is C19H16FN5OS. The summed E-state index contributed by atoms with van der Waals surface area (Å²) in [5.41, 5.74) is 1.46. The molecule has 4 rings (SSSR count). The molecule has 4 aromatic rings. The van der Waals surface area contributed by atoms with Crippen molar-refractivity contribution in [2.75, 3.05) is 0 Å². The van der Waals surface area contributed by atoms with Crippen molar-refractivity contribution in [3.8, 4) is 11.6 Å². The van der Waals surface area contributed by atoms with Crippen LogP contribution in [0.4, 0.5) is 4.39 Å². The van der Waals surface area contributed by atoms with Crippen LogP contribution in [0.1, 0.15) is 18.2 Å². The van der Waals surface area contributed by atoms with Gasteiger partial charge in [-0.25, -0.2) is 14.4 Å². The number of halogens is 1. The second-order valence-electron chi connectivity index (χ2n) is 5.75. The van der Waals surface area contributed by atoms with Crippen molar-refractivity contribution in [1.29, 1.82) is 0 Å². The van der Waals surface area contributed by atoms with Gasteiger partial charge in [-0.3, -0.25) is 4.57 Å². The van der Waals surface area contributed by atoms with Crippen LogP contribution in [-0.2, 0) is 13.0 Å². The summed E-state index contributed by atoms with van der Waals surface area (Å²) in [6, 6.07) is 13.5. The average Bonchev–Trinajstić information content (AvgIpc) is 3.35. The number of aryl methyl sites for hydroxylation is 1. The maximum atomic E-state index is 14.6. The first-order valence-electron chi connectivity index (χ1n) is 8.44. The molecule has 0 aliphatic carbocycles. The van der Waals surface area contributed by atoms with Gasteiger partial charge >= 0.3 is 0 Å². The molecule has 0 radical (unpaired) electrons. The van der Waals surface area contributed by atoms with E-state index in [1.54, 1.807) is 12.3 Å². The van der Waals surface area contributed by atoms with Crippen LogP contribution in [0.25, 0.3) is 11.6 Å². The zero-order valence-corrected chi connectivity index (χ0v) is 15.4. The molecule has 0 aliphatic heterocycles. The number of aromatic nitrogens is 5. The van der Waals surface area contributed by atoms with E-state index in [0.717, 1.165) is 17.3 Å². The molecule has 136 valence electrons. The minimum absolute atomic E-state index is 0.231. The highest BCUT2D eigenvalue weighted by Gasteiger charge is 2.20. The van der Waals surface area contributed by atoms with E-state index in [0.29, 0.717) is 35.4 Å². The third-order valence-electron chi connectivity index (χ3n) is 3.99. The first-order valence-corrected chi connectivity index (χ1v) is 9.26. The van der Waals surface area contributed by atoms with Gasteiger partial charge in [-0.1, -0.05) is 37.3 Å². The minimum atomic E-state index is -0.418. The highest BCUT2D eigenvalue weighted by atomic mass is 32.2. The van der Waals surface area contributed by atoms with Gasteiger partial charge in [0, 0.05) is 0 Å². The van der Waals surface area contributed by atoms with Gasteiger partial charge in [-0.05, 0) is 35.9 Å².